The van der Waals surface area contributed by atoms with Gasteiger partial charge in [-0.25, -0.2) is 4.98 Å². The van der Waals surface area contributed by atoms with Crippen LogP contribution < -0.4 is 11.1 Å². The summed E-state index contributed by atoms with van der Waals surface area (Å²) in [5.41, 5.74) is 5.86. The minimum atomic E-state index is -1.08. The SMILES string of the molecule is CC(Cn1cccn1)Nc1nc(C(N)C(=O)O)cs1. The van der Waals surface area contributed by atoms with Crippen molar-refractivity contribution in [2.45, 2.75) is 25.6 Å². The van der Waals surface area contributed by atoms with E-state index in [2.05, 4.69) is 15.4 Å². The molecule has 0 amide bonds. The molecular weight excluding hydrogens is 266 g/mol. The van der Waals surface area contributed by atoms with Crippen molar-refractivity contribution in [3.05, 3.63) is 29.5 Å². The van der Waals surface area contributed by atoms with Crippen LogP contribution in [0, 0.1) is 0 Å². The number of anilines is 1. The Hall–Kier alpha value is -1.93. The van der Waals surface area contributed by atoms with E-state index in [-0.39, 0.29) is 6.04 Å². The minimum Gasteiger partial charge on any atom is -0.480 e. The molecule has 2 aromatic heterocycles. The van der Waals surface area contributed by atoms with E-state index in [1.165, 1.54) is 11.3 Å². The number of hydrogen-bond acceptors (Lipinski definition) is 6. The lowest BCUT2D eigenvalue weighted by atomic mass is 10.2. The number of hydrogen-bond donors (Lipinski definition) is 3. The number of thiazole rings is 1. The predicted molar refractivity (Wildman–Crippen MR) is 72.0 cm³/mol. The van der Waals surface area contributed by atoms with Crippen LogP contribution >= 0.6 is 11.3 Å². The summed E-state index contributed by atoms with van der Waals surface area (Å²) in [6.07, 6.45) is 3.60. The number of nitrogens with two attached hydrogens (primary N) is 1. The van der Waals surface area contributed by atoms with Crippen LogP contribution in [0.25, 0.3) is 0 Å². The fourth-order valence-electron chi connectivity index (χ4n) is 1.57. The molecule has 2 aromatic rings. The molecule has 0 aliphatic carbocycles. The highest BCUT2D eigenvalue weighted by atomic mass is 32.1. The minimum absolute atomic E-state index is 0.125. The molecule has 0 radical (unpaired) electrons. The quantitative estimate of drug-likeness (QED) is 0.727. The van der Waals surface area contributed by atoms with E-state index in [4.69, 9.17) is 10.8 Å². The molecule has 0 bridgehead atoms. The Morgan fingerprint density at radius 3 is 3.11 bits per heavy atom. The Balaban J connectivity index is 1.94. The fourth-order valence-corrected chi connectivity index (χ4v) is 2.43. The van der Waals surface area contributed by atoms with Gasteiger partial charge >= 0.3 is 5.97 Å². The van der Waals surface area contributed by atoms with Gasteiger partial charge in [0.1, 0.15) is 6.04 Å². The van der Waals surface area contributed by atoms with Crippen molar-refractivity contribution in [3.8, 4) is 0 Å². The van der Waals surface area contributed by atoms with Gasteiger partial charge in [-0.15, -0.1) is 11.3 Å². The molecule has 0 fully saturated rings. The van der Waals surface area contributed by atoms with E-state index >= 15 is 0 Å². The van der Waals surface area contributed by atoms with Crippen molar-refractivity contribution in [1.29, 1.82) is 0 Å². The maximum atomic E-state index is 10.8. The van der Waals surface area contributed by atoms with Gasteiger partial charge in [0, 0.05) is 23.8 Å². The van der Waals surface area contributed by atoms with Crippen LogP contribution in [0.2, 0.25) is 0 Å². The Morgan fingerprint density at radius 1 is 1.68 bits per heavy atom. The van der Waals surface area contributed by atoms with E-state index in [9.17, 15) is 4.79 Å². The summed E-state index contributed by atoms with van der Waals surface area (Å²) in [5, 5.41) is 18.4. The highest BCUT2D eigenvalue weighted by molar-refractivity contribution is 7.13. The number of rotatable bonds is 6. The lowest BCUT2D eigenvalue weighted by Crippen LogP contribution is -2.23. The van der Waals surface area contributed by atoms with Crippen LogP contribution in [0.4, 0.5) is 5.13 Å². The second-order valence-electron chi connectivity index (χ2n) is 4.17. The van der Waals surface area contributed by atoms with Crippen LogP contribution in [0.3, 0.4) is 0 Å². The van der Waals surface area contributed by atoms with Gasteiger partial charge in [0.05, 0.1) is 12.2 Å². The molecule has 8 heteroatoms. The molecule has 2 heterocycles. The van der Waals surface area contributed by atoms with Gasteiger partial charge in [0.15, 0.2) is 5.13 Å². The van der Waals surface area contributed by atoms with Crippen molar-refractivity contribution in [2.75, 3.05) is 5.32 Å². The highest BCUT2D eigenvalue weighted by Gasteiger charge is 2.18. The Labute approximate surface area is 114 Å². The Kier molecular flexibility index (Phi) is 4.13. The summed E-state index contributed by atoms with van der Waals surface area (Å²) in [6.45, 7) is 2.70. The van der Waals surface area contributed by atoms with Gasteiger partial charge < -0.3 is 16.2 Å². The molecule has 0 aliphatic rings. The number of nitrogens with zero attached hydrogens (tertiary/aromatic N) is 3. The molecule has 7 nitrogen and oxygen atoms in total. The molecule has 0 spiro atoms. The largest absolute Gasteiger partial charge is 0.480 e. The summed E-state index contributed by atoms with van der Waals surface area (Å²) >= 11 is 1.34. The first-order valence-electron chi connectivity index (χ1n) is 5.74. The van der Waals surface area contributed by atoms with Gasteiger partial charge in [-0.05, 0) is 13.0 Å². The van der Waals surface area contributed by atoms with Gasteiger partial charge in [-0.1, -0.05) is 0 Å². The number of carbonyl (C=O) groups is 1. The summed E-state index contributed by atoms with van der Waals surface area (Å²) < 4.78 is 1.81. The third kappa shape index (κ3) is 3.52. The highest BCUT2D eigenvalue weighted by Crippen LogP contribution is 2.20. The smallest absolute Gasteiger partial charge is 0.326 e. The number of aliphatic carboxylic acids is 1. The maximum Gasteiger partial charge on any atom is 0.326 e. The van der Waals surface area contributed by atoms with Crippen molar-refractivity contribution in [1.82, 2.24) is 14.8 Å². The normalized spacial score (nSPS) is 14.0. The van der Waals surface area contributed by atoms with Crippen molar-refractivity contribution in [3.63, 3.8) is 0 Å². The van der Waals surface area contributed by atoms with E-state index in [0.29, 0.717) is 17.4 Å². The zero-order valence-corrected chi connectivity index (χ0v) is 11.2. The van der Waals surface area contributed by atoms with Gasteiger partial charge in [0.25, 0.3) is 0 Å². The molecule has 2 atom stereocenters. The molecule has 2 rings (SSSR count). The monoisotopic (exact) mass is 281 g/mol. The first kappa shape index (κ1) is 13.5. The first-order valence-corrected chi connectivity index (χ1v) is 6.62. The topological polar surface area (TPSA) is 106 Å². The molecule has 0 aliphatic heterocycles. The Morgan fingerprint density at radius 2 is 2.47 bits per heavy atom. The predicted octanol–water partition coefficient (Wildman–Crippen LogP) is 0.925. The van der Waals surface area contributed by atoms with E-state index < -0.39 is 12.0 Å². The van der Waals surface area contributed by atoms with Crippen LogP contribution in [0.15, 0.2) is 23.8 Å². The number of carboxylic acids is 1. The lowest BCUT2D eigenvalue weighted by molar-refractivity contribution is -0.138. The second kappa shape index (κ2) is 5.81. The number of aromatic nitrogens is 3. The molecule has 0 saturated carbocycles. The average Bonchev–Trinajstić information content (AvgIpc) is 2.99. The van der Waals surface area contributed by atoms with Gasteiger partial charge in [-0.3, -0.25) is 9.48 Å². The molecule has 102 valence electrons. The summed E-state index contributed by atoms with van der Waals surface area (Å²) in [4.78, 5) is 14.9. The third-order valence-electron chi connectivity index (χ3n) is 2.50. The second-order valence-corrected chi connectivity index (χ2v) is 5.03. The van der Waals surface area contributed by atoms with Crippen molar-refractivity contribution >= 4 is 22.4 Å². The summed E-state index contributed by atoms with van der Waals surface area (Å²) in [5.74, 6) is -1.08. The molecule has 19 heavy (non-hydrogen) atoms. The summed E-state index contributed by atoms with van der Waals surface area (Å²) in [6, 6.07) is 0.910. The Bertz CT molecular complexity index is 539. The van der Waals surface area contributed by atoms with Crippen LogP contribution in [-0.2, 0) is 11.3 Å². The number of nitrogens with one attached hydrogen (secondary N) is 1. The van der Waals surface area contributed by atoms with Crippen LogP contribution in [0.1, 0.15) is 18.7 Å². The van der Waals surface area contributed by atoms with Gasteiger partial charge in [0.2, 0.25) is 0 Å². The lowest BCUT2D eigenvalue weighted by Gasteiger charge is -2.12. The van der Waals surface area contributed by atoms with E-state index in [1.807, 2.05) is 23.9 Å². The van der Waals surface area contributed by atoms with E-state index in [0.717, 1.165) is 0 Å². The molecular formula is C11H15N5O2S. The maximum absolute atomic E-state index is 10.8. The van der Waals surface area contributed by atoms with Crippen molar-refractivity contribution in [2.24, 2.45) is 5.73 Å². The standard InChI is InChI=1S/C11H15N5O2S/c1-7(5-16-4-2-3-13-16)14-11-15-8(6-19-11)9(12)10(17)18/h2-4,6-7,9H,5,12H2,1H3,(H,14,15)(H,17,18). The number of carboxylic acid groups (broad SMARTS) is 1. The zero-order valence-electron chi connectivity index (χ0n) is 10.4. The van der Waals surface area contributed by atoms with Crippen LogP contribution in [0.5, 0.6) is 0 Å². The first-order chi connectivity index (χ1) is 9.06. The molecule has 0 saturated heterocycles. The fraction of sp³-hybridized carbons (Fsp3) is 0.364. The van der Waals surface area contributed by atoms with Crippen LogP contribution in [-0.4, -0.2) is 31.9 Å². The third-order valence-corrected chi connectivity index (χ3v) is 3.29. The molecule has 4 N–H and O–H groups in total. The van der Waals surface area contributed by atoms with Gasteiger partial charge in [-0.2, -0.15) is 5.10 Å². The summed E-state index contributed by atoms with van der Waals surface area (Å²) in [7, 11) is 0. The zero-order chi connectivity index (χ0) is 13.8. The van der Waals surface area contributed by atoms with Crippen molar-refractivity contribution < 1.29 is 9.90 Å². The average molecular weight is 281 g/mol. The van der Waals surface area contributed by atoms with E-state index in [1.54, 1.807) is 11.6 Å². The molecule has 2 unspecified atom stereocenters. The molecule has 0 aromatic carbocycles.